The lowest BCUT2D eigenvalue weighted by Crippen LogP contribution is -2.33. The Kier molecular flexibility index (Phi) is 7.81. The van der Waals surface area contributed by atoms with Gasteiger partial charge >= 0.3 is 0 Å². The quantitative estimate of drug-likeness (QED) is 0.477. The summed E-state index contributed by atoms with van der Waals surface area (Å²) in [5.74, 6) is 0.416. The zero-order valence-electron chi connectivity index (χ0n) is 19.5. The Morgan fingerprint density at radius 2 is 1.73 bits per heavy atom. The first kappa shape index (κ1) is 24.4. The van der Waals surface area contributed by atoms with Gasteiger partial charge in [0.1, 0.15) is 5.82 Å². The summed E-state index contributed by atoms with van der Waals surface area (Å²) < 4.78 is 27.3. The third-order valence-corrected chi connectivity index (χ3v) is 7.59. The minimum atomic E-state index is -3.86. The number of rotatable bonds is 9. The molecule has 174 valence electrons. The number of carbonyl (C=O) groups is 1. The molecule has 0 fully saturated rings. The third kappa shape index (κ3) is 5.96. The van der Waals surface area contributed by atoms with Crippen LogP contribution in [0.15, 0.2) is 71.9 Å². The topological polar surface area (TPSA) is 83.5 Å². The fourth-order valence-corrected chi connectivity index (χ4v) is 5.17. The van der Waals surface area contributed by atoms with Crippen molar-refractivity contribution in [1.29, 1.82) is 0 Å². The van der Waals surface area contributed by atoms with Crippen molar-refractivity contribution in [1.82, 2.24) is 14.9 Å². The number of benzene rings is 1. The van der Waals surface area contributed by atoms with Crippen LogP contribution in [0.25, 0.3) is 0 Å². The third-order valence-electron chi connectivity index (χ3n) is 5.50. The fourth-order valence-electron chi connectivity index (χ4n) is 3.51. The van der Waals surface area contributed by atoms with Crippen LogP contribution in [0, 0.1) is 6.92 Å². The zero-order chi connectivity index (χ0) is 24.0. The van der Waals surface area contributed by atoms with E-state index >= 15 is 0 Å². The van der Waals surface area contributed by atoms with Crippen molar-refractivity contribution in [3.63, 3.8) is 0 Å². The number of amides is 1. The van der Waals surface area contributed by atoms with Crippen LogP contribution in [0.4, 0.5) is 5.82 Å². The molecule has 0 aliphatic carbocycles. The van der Waals surface area contributed by atoms with Crippen LogP contribution >= 0.6 is 0 Å². The SMILES string of the molecule is CCN(Cc1ccccn1)C(=O)CC(c1ccc(C)cc1)S(=O)(=O)c1ccc(N(C)C)nc1. The maximum absolute atomic E-state index is 13.7. The van der Waals surface area contributed by atoms with Crippen molar-refractivity contribution in [3.8, 4) is 0 Å². The highest BCUT2D eigenvalue weighted by atomic mass is 32.2. The lowest BCUT2D eigenvalue weighted by Gasteiger charge is -2.24. The molecule has 0 radical (unpaired) electrons. The van der Waals surface area contributed by atoms with Crippen LogP contribution in [-0.4, -0.2) is 49.8 Å². The average molecular weight is 467 g/mol. The molecular formula is C25H30N4O3S. The molecule has 1 amide bonds. The predicted octanol–water partition coefficient (Wildman–Crippen LogP) is 3.80. The Bertz CT molecular complexity index is 1160. The van der Waals surface area contributed by atoms with E-state index in [2.05, 4.69) is 9.97 Å². The smallest absolute Gasteiger partial charge is 0.224 e. The van der Waals surface area contributed by atoms with Gasteiger partial charge in [-0.25, -0.2) is 13.4 Å². The van der Waals surface area contributed by atoms with Crippen molar-refractivity contribution < 1.29 is 13.2 Å². The number of carbonyl (C=O) groups excluding carboxylic acids is 1. The van der Waals surface area contributed by atoms with Gasteiger partial charge in [0.15, 0.2) is 9.84 Å². The monoisotopic (exact) mass is 466 g/mol. The first-order valence-corrected chi connectivity index (χ1v) is 12.4. The van der Waals surface area contributed by atoms with Crippen LogP contribution in [0.3, 0.4) is 0 Å². The molecule has 0 N–H and O–H groups in total. The first-order chi connectivity index (χ1) is 15.7. The molecule has 7 nitrogen and oxygen atoms in total. The molecule has 0 aliphatic heterocycles. The van der Waals surface area contributed by atoms with Crippen molar-refractivity contribution >= 4 is 21.6 Å². The minimum absolute atomic E-state index is 0.0965. The van der Waals surface area contributed by atoms with Gasteiger partial charge in [-0.2, -0.15) is 0 Å². The van der Waals surface area contributed by atoms with Gasteiger partial charge in [-0.3, -0.25) is 9.78 Å². The Morgan fingerprint density at radius 3 is 2.27 bits per heavy atom. The molecule has 0 spiro atoms. The Morgan fingerprint density at radius 1 is 1.00 bits per heavy atom. The van der Waals surface area contributed by atoms with E-state index in [1.54, 1.807) is 40.3 Å². The zero-order valence-corrected chi connectivity index (χ0v) is 20.3. The van der Waals surface area contributed by atoms with E-state index in [1.165, 1.54) is 6.20 Å². The van der Waals surface area contributed by atoms with Gasteiger partial charge in [-0.15, -0.1) is 0 Å². The van der Waals surface area contributed by atoms with E-state index < -0.39 is 15.1 Å². The molecule has 0 aliphatic rings. The molecule has 2 heterocycles. The number of aromatic nitrogens is 2. The maximum Gasteiger partial charge on any atom is 0.224 e. The van der Waals surface area contributed by atoms with Gasteiger partial charge in [0.05, 0.1) is 22.4 Å². The molecule has 33 heavy (non-hydrogen) atoms. The number of pyridine rings is 2. The van der Waals surface area contributed by atoms with Gasteiger partial charge in [0.25, 0.3) is 0 Å². The second-order valence-corrected chi connectivity index (χ2v) is 10.3. The lowest BCUT2D eigenvalue weighted by atomic mass is 10.1. The number of hydrogen-bond acceptors (Lipinski definition) is 6. The normalized spacial score (nSPS) is 12.2. The molecule has 1 atom stereocenters. The molecule has 8 heteroatoms. The first-order valence-electron chi connectivity index (χ1n) is 10.8. The largest absolute Gasteiger partial charge is 0.363 e. The number of sulfone groups is 1. The molecule has 0 saturated heterocycles. The number of nitrogens with zero attached hydrogens (tertiary/aromatic N) is 4. The number of anilines is 1. The summed E-state index contributed by atoms with van der Waals surface area (Å²) in [7, 11) is -0.186. The Labute approximate surface area is 196 Å². The second-order valence-electron chi connectivity index (χ2n) is 8.12. The molecule has 1 unspecified atom stereocenters. The van der Waals surface area contributed by atoms with Gasteiger partial charge in [-0.1, -0.05) is 35.9 Å². The average Bonchev–Trinajstić information content (AvgIpc) is 2.82. The summed E-state index contributed by atoms with van der Waals surface area (Å²) in [6.45, 7) is 4.60. The van der Waals surface area contributed by atoms with Crippen LogP contribution in [0.2, 0.25) is 0 Å². The van der Waals surface area contributed by atoms with Crippen molar-refractivity contribution in [2.45, 2.75) is 37.0 Å². The van der Waals surface area contributed by atoms with Crippen LogP contribution in [0.1, 0.15) is 35.4 Å². The summed E-state index contributed by atoms with van der Waals surface area (Å²) in [4.78, 5) is 25.3. The second kappa shape index (κ2) is 10.6. The summed E-state index contributed by atoms with van der Waals surface area (Å²) in [5, 5.41) is -1.02. The molecule has 0 saturated carbocycles. The molecule has 3 rings (SSSR count). The van der Waals surface area contributed by atoms with Gasteiger partial charge in [0, 0.05) is 39.5 Å². The standard InChI is InChI=1S/C25H30N4O3S/c1-5-29(18-21-8-6-7-15-26-21)25(30)16-23(20-11-9-19(2)10-12-20)33(31,32)22-13-14-24(27-17-22)28(3)4/h6-15,17,23H,5,16,18H2,1-4H3. The number of aryl methyl sites for hydroxylation is 1. The minimum Gasteiger partial charge on any atom is -0.363 e. The van der Waals surface area contributed by atoms with E-state index in [1.807, 2.05) is 58.3 Å². The Hall–Kier alpha value is -3.26. The van der Waals surface area contributed by atoms with Gasteiger partial charge in [0.2, 0.25) is 5.91 Å². The molecule has 2 aromatic heterocycles. The van der Waals surface area contributed by atoms with E-state index in [0.717, 1.165) is 11.3 Å². The van der Waals surface area contributed by atoms with Crippen molar-refractivity contribution in [2.75, 3.05) is 25.5 Å². The highest BCUT2D eigenvalue weighted by Crippen LogP contribution is 2.33. The number of hydrogen-bond donors (Lipinski definition) is 0. The highest BCUT2D eigenvalue weighted by molar-refractivity contribution is 7.91. The van der Waals surface area contributed by atoms with E-state index in [4.69, 9.17) is 0 Å². The van der Waals surface area contributed by atoms with Crippen molar-refractivity contribution in [3.05, 3.63) is 83.8 Å². The molecular weight excluding hydrogens is 436 g/mol. The lowest BCUT2D eigenvalue weighted by molar-refractivity contribution is -0.131. The summed E-state index contributed by atoms with van der Waals surface area (Å²) in [5.41, 5.74) is 2.36. The summed E-state index contributed by atoms with van der Waals surface area (Å²) in [6.07, 6.45) is 2.88. The highest BCUT2D eigenvalue weighted by Gasteiger charge is 2.33. The maximum atomic E-state index is 13.7. The molecule has 1 aromatic carbocycles. The molecule has 0 bridgehead atoms. The summed E-state index contributed by atoms with van der Waals surface area (Å²) >= 11 is 0. The van der Waals surface area contributed by atoms with Crippen LogP contribution in [0.5, 0.6) is 0 Å². The summed E-state index contributed by atoms with van der Waals surface area (Å²) in [6, 6.07) is 16.0. The van der Waals surface area contributed by atoms with Crippen molar-refractivity contribution in [2.24, 2.45) is 0 Å². The predicted molar refractivity (Wildman–Crippen MR) is 130 cm³/mol. The molecule has 3 aromatic rings. The van der Waals surface area contributed by atoms with E-state index in [-0.39, 0.29) is 17.2 Å². The van der Waals surface area contributed by atoms with Gasteiger partial charge in [-0.05, 0) is 43.7 Å². The van der Waals surface area contributed by atoms with Crippen LogP contribution < -0.4 is 4.90 Å². The van der Waals surface area contributed by atoms with E-state index in [0.29, 0.717) is 24.5 Å². The van der Waals surface area contributed by atoms with E-state index in [9.17, 15) is 13.2 Å². The Balaban J connectivity index is 1.94. The van der Waals surface area contributed by atoms with Crippen LogP contribution in [-0.2, 0) is 21.2 Å². The fraction of sp³-hybridized carbons (Fsp3) is 0.320. The van der Waals surface area contributed by atoms with Gasteiger partial charge < -0.3 is 9.80 Å².